The molecule has 0 aliphatic carbocycles. The Hall–Kier alpha value is -3.55. The topological polar surface area (TPSA) is 108 Å². The van der Waals surface area contributed by atoms with Gasteiger partial charge in [0.15, 0.2) is 0 Å². The largest absolute Gasteiger partial charge is 0.508 e. The van der Waals surface area contributed by atoms with Crippen LogP contribution in [-0.4, -0.2) is 52.1 Å². The number of nitrogens with zero attached hydrogens (tertiary/aromatic N) is 1. The Morgan fingerprint density at radius 1 is 1.00 bits per heavy atom. The molecule has 214 valence electrons. The number of hydrogen-bond donors (Lipinski definition) is 3. The highest BCUT2D eigenvalue weighted by molar-refractivity contribution is 5.92. The zero-order valence-corrected chi connectivity index (χ0v) is 24.2. The Kier molecular flexibility index (Phi) is 12.3. The number of alkyl carbamates (subject to hydrolysis) is 1. The average molecular weight is 540 g/mol. The van der Waals surface area contributed by atoms with Gasteiger partial charge in [0.2, 0.25) is 11.8 Å². The van der Waals surface area contributed by atoms with Crippen molar-refractivity contribution in [3.05, 3.63) is 65.7 Å². The molecule has 2 aromatic rings. The summed E-state index contributed by atoms with van der Waals surface area (Å²) in [5.74, 6) is -0.738. The predicted molar refractivity (Wildman–Crippen MR) is 153 cm³/mol. The average Bonchev–Trinajstić information content (AvgIpc) is 2.88. The summed E-state index contributed by atoms with van der Waals surface area (Å²) in [6.45, 7) is 11.7. The molecule has 0 fully saturated rings. The second-order valence-electron chi connectivity index (χ2n) is 10.9. The van der Waals surface area contributed by atoms with E-state index in [0.717, 1.165) is 24.8 Å². The molecule has 3 N–H and O–H groups in total. The van der Waals surface area contributed by atoms with E-state index in [4.69, 9.17) is 4.74 Å². The summed E-state index contributed by atoms with van der Waals surface area (Å²) in [5, 5.41) is 16.0. The highest BCUT2D eigenvalue weighted by Gasteiger charge is 2.38. The maximum absolute atomic E-state index is 14.3. The van der Waals surface area contributed by atoms with E-state index in [-0.39, 0.29) is 24.1 Å². The molecule has 0 saturated heterocycles. The van der Waals surface area contributed by atoms with Crippen molar-refractivity contribution in [3.63, 3.8) is 0 Å². The van der Waals surface area contributed by atoms with E-state index in [2.05, 4.69) is 17.6 Å². The zero-order valence-electron chi connectivity index (χ0n) is 24.2. The molecule has 2 aromatic carbocycles. The molecule has 8 heteroatoms. The smallest absolute Gasteiger partial charge is 0.408 e. The minimum absolute atomic E-state index is 0.000508. The second-order valence-corrected chi connectivity index (χ2v) is 10.9. The Morgan fingerprint density at radius 3 is 2.28 bits per heavy atom. The molecular weight excluding hydrogens is 494 g/mol. The SMILES string of the molecule is CCCCCNC(=O)C(c1cccc(O)c1)N(C(=O)C(Cc1ccccc1)NC(=O)OC(C)(C)C)C(C)CC. The lowest BCUT2D eigenvalue weighted by molar-refractivity contribution is -0.145. The van der Waals surface area contributed by atoms with Crippen LogP contribution < -0.4 is 10.6 Å². The van der Waals surface area contributed by atoms with Crippen molar-refractivity contribution in [2.45, 2.75) is 97.4 Å². The molecule has 39 heavy (non-hydrogen) atoms. The summed E-state index contributed by atoms with van der Waals surface area (Å²) in [6, 6.07) is 13.5. The number of carbonyl (C=O) groups excluding carboxylic acids is 3. The lowest BCUT2D eigenvalue weighted by Crippen LogP contribution is -2.56. The summed E-state index contributed by atoms with van der Waals surface area (Å²) in [4.78, 5) is 42.4. The van der Waals surface area contributed by atoms with Crippen LogP contribution in [0.5, 0.6) is 5.75 Å². The number of phenols is 1. The van der Waals surface area contributed by atoms with Crippen LogP contribution in [0.1, 0.15) is 84.4 Å². The number of phenolic OH excluding ortho intramolecular Hbond substituents is 1. The van der Waals surface area contributed by atoms with Gasteiger partial charge in [-0.2, -0.15) is 0 Å². The minimum Gasteiger partial charge on any atom is -0.508 e. The van der Waals surface area contributed by atoms with E-state index in [1.807, 2.05) is 44.2 Å². The van der Waals surface area contributed by atoms with Crippen molar-refractivity contribution < 1.29 is 24.2 Å². The first-order chi connectivity index (χ1) is 18.5. The third-order valence-electron chi connectivity index (χ3n) is 6.38. The van der Waals surface area contributed by atoms with E-state index in [1.54, 1.807) is 32.9 Å². The van der Waals surface area contributed by atoms with Crippen LogP contribution in [0.3, 0.4) is 0 Å². The molecule has 0 radical (unpaired) electrons. The molecule has 0 saturated carbocycles. The number of benzene rings is 2. The number of rotatable bonds is 13. The fraction of sp³-hybridized carbons (Fsp3) is 0.516. The summed E-state index contributed by atoms with van der Waals surface area (Å²) >= 11 is 0. The number of carbonyl (C=O) groups is 3. The molecule has 3 atom stereocenters. The van der Waals surface area contributed by atoms with Crippen LogP contribution >= 0.6 is 0 Å². The highest BCUT2D eigenvalue weighted by Crippen LogP contribution is 2.29. The zero-order chi connectivity index (χ0) is 29.0. The highest BCUT2D eigenvalue weighted by atomic mass is 16.6. The molecule has 0 spiro atoms. The minimum atomic E-state index is -1.00. The standard InChI is InChI=1S/C31H45N3O5/c1-7-9-13-19-32-28(36)27(24-17-14-18-25(35)21-24)34(22(3)8-2)29(37)26(20-23-15-11-10-12-16-23)33-30(38)39-31(4,5)6/h10-12,14-18,21-22,26-27,35H,7-9,13,19-20H2,1-6H3,(H,32,36)(H,33,38). The lowest BCUT2D eigenvalue weighted by Gasteiger charge is -2.38. The molecule has 2 rings (SSSR count). The third-order valence-corrected chi connectivity index (χ3v) is 6.38. The van der Waals surface area contributed by atoms with Gasteiger partial charge in [-0.3, -0.25) is 9.59 Å². The van der Waals surface area contributed by atoms with Crippen LogP contribution in [0, 0.1) is 0 Å². The van der Waals surface area contributed by atoms with Gasteiger partial charge in [-0.1, -0.05) is 69.2 Å². The van der Waals surface area contributed by atoms with Crippen LogP contribution in [-0.2, 0) is 20.7 Å². The van der Waals surface area contributed by atoms with Gasteiger partial charge in [0.25, 0.3) is 0 Å². The van der Waals surface area contributed by atoms with E-state index in [0.29, 0.717) is 18.5 Å². The summed E-state index contributed by atoms with van der Waals surface area (Å²) in [7, 11) is 0. The van der Waals surface area contributed by atoms with Crippen molar-refractivity contribution in [2.24, 2.45) is 0 Å². The number of hydrogen-bond acceptors (Lipinski definition) is 5. The van der Waals surface area contributed by atoms with Gasteiger partial charge < -0.3 is 25.4 Å². The van der Waals surface area contributed by atoms with Gasteiger partial charge >= 0.3 is 6.09 Å². The quantitative estimate of drug-likeness (QED) is 0.291. The first-order valence-corrected chi connectivity index (χ1v) is 13.9. The maximum Gasteiger partial charge on any atom is 0.408 e. The fourth-order valence-electron chi connectivity index (χ4n) is 4.29. The van der Waals surface area contributed by atoms with Crippen molar-refractivity contribution in [3.8, 4) is 5.75 Å². The molecule has 0 bridgehead atoms. The molecule has 3 amide bonds. The predicted octanol–water partition coefficient (Wildman–Crippen LogP) is 5.50. The van der Waals surface area contributed by atoms with Gasteiger partial charge in [0.05, 0.1) is 0 Å². The Labute approximate surface area is 233 Å². The van der Waals surface area contributed by atoms with Gasteiger partial charge in [-0.15, -0.1) is 0 Å². The summed E-state index contributed by atoms with van der Waals surface area (Å²) < 4.78 is 5.47. The first kappa shape index (κ1) is 31.7. The van der Waals surface area contributed by atoms with E-state index < -0.39 is 29.7 Å². The van der Waals surface area contributed by atoms with Crippen molar-refractivity contribution >= 4 is 17.9 Å². The molecule has 0 aliphatic heterocycles. The number of amides is 3. The van der Waals surface area contributed by atoms with Crippen LogP contribution in [0.4, 0.5) is 4.79 Å². The Bertz CT molecular complexity index is 1070. The van der Waals surface area contributed by atoms with Crippen molar-refractivity contribution in [1.82, 2.24) is 15.5 Å². The van der Waals surface area contributed by atoms with Gasteiger partial charge in [0, 0.05) is 19.0 Å². The monoisotopic (exact) mass is 539 g/mol. The fourth-order valence-corrected chi connectivity index (χ4v) is 4.29. The van der Waals surface area contributed by atoms with E-state index in [1.165, 1.54) is 17.0 Å². The molecule has 8 nitrogen and oxygen atoms in total. The maximum atomic E-state index is 14.3. The number of nitrogens with one attached hydrogen (secondary N) is 2. The van der Waals surface area contributed by atoms with Gasteiger partial charge in [0.1, 0.15) is 23.4 Å². The normalized spacial score (nSPS) is 13.6. The number of ether oxygens (including phenoxy) is 1. The molecule has 0 heterocycles. The van der Waals surface area contributed by atoms with Crippen LogP contribution in [0.2, 0.25) is 0 Å². The van der Waals surface area contributed by atoms with Gasteiger partial charge in [-0.25, -0.2) is 4.79 Å². The van der Waals surface area contributed by atoms with E-state index >= 15 is 0 Å². The molecule has 0 aromatic heterocycles. The van der Waals surface area contributed by atoms with Crippen molar-refractivity contribution in [1.29, 1.82) is 0 Å². The van der Waals surface area contributed by atoms with Gasteiger partial charge in [-0.05, 0) is 63.8 Å². The first-order valence-electron chi connectivity index (χ1n) is 13.9. The molecule has 3 unspecified atom stereocenters. The Balaban J connectivity index is 2.52. The Morgan fingerprint density at radius 2 is 1.69 bits per heavy atom. The lowest BCUT2D eigenvalue weighted by atomic mass is 9.97. The van der Waals surface area contributed by atoms with Crippen LogP contribution in [0.15, 0.2) is 54.6 Å². The van der Waals surface area contributed by atoms with E-state index in [9.17, 15) is 19.5 Å². The molecular formula is C31H45N3O5. The summed E-state index contributed by atoms with van der Waals surface area (Å²) in [5.41, 5.74) is 0.602. The second kappa shape index (κ2) is 15.1. The molecule has 0 aliphatic rings. The summed E-state index contributed by atoms with van der Waals surface area (Å²) in [6.07, 6.45) is 2.90. The number of unbranched alkanes of at least 4 members (excludes halogenated alkanes) is 2. The van der Waals surface area contributed by atoms with Crippen molar-refractivity contribution in [2.75, 3.05) is 6.54 Å². The number of aromatic hydroxyl groups is 1. The third kappa shape index (κ3) is 10.3. The van der Waals surface area contributed by atoms with Crippen LogP contribution in [0.25, 0.3) is 0 Å².